The number of halogens is 1. The van der Waals surface area contributed by atoms with Crippen LogP contribution in [0.1, 0.15) is 31.4 Å². The van der Waals surface area contributed by atoms with Crippen LogP contribution < -0.4 is 0 Å². The number of amides is 1. The number of benzene rings is 1. The minimum absolute atomic E-state index is 0.143. The summed E-state index contributed by atoms with van der Waals surface area (Å²) < 4.78 is 15.3. The number of rotatable bonds is 5. The summed E-state index contributed by atoms with van der Waals surface area (Å²) in [5.41, 5.74) is 2.78. The van der Waals surface area contributed by atoms with E-state index in [4.69, 9.17) is 0 Å². The van der Waals surface area contributed by atoms with Gasteiger partial charge in [0.25, 0.3) is 0 Å². The van der Waals surface area contributed by atoms with Crippen LogP contribution in [-0.2, 0) is 11.3 Å². The summed E-state index contributed by atoms with van der Waals surface area (Å²) in [5.74, 6) is 0.0130. The lowest BCUT2D eigenvalue weighted by Gasteiger charge is -2.33. The van der Waals surface area contributed by atoms with E-state index >= 15 is 0 Å². The maximum atomic E-state index is 13.6. The van der Waals surface area contributed by atoms with E-state index < -0.39 is 0 Å². The van der Waals surface area contributed by atoms with Crippen molar-refractivity contribution >= 4 is 5.91 Å². The summed E-state index contributed by atoms with van der Waals surface area (Å²) in [6, 6.07) is 6.56. The fraction of sp³-hybridized carbons (Fsp3) is 0.400. The van der Waals surface area contributed by atoms with Crippen molar-refractivity contribution in [3.05, 3.63) is 54.6 Å². The van der Waals surface area contributed by atoms with E-state index in [1.807, 2.05) is 17.9 Å². The zero-order chi connectivity index (χ0) is 19.5. The molecule has 3 aromatic rings. The Hall–Kier alpha value is -3.03. The molecule has 0 radical (unpaired) electrons. The van der Waals surface area contributed by atoms with E-state index in [0.29, 0.717) is 19.6 Å². The van der Waals surface area contributed by atoms with Gasteiger partial charge in [-0.3, -0.25) is 14.6 Å². The molecule has 28 heavy (non-hydrogen) atoms. The Balaban J connectivity index is 1.40. The molecule has 1 aliphatic heterocycles. The molecule has 146 valence electrons. The summed E-state index contributed by atoms with van der Waals surface area (Å²) >= 11 is 0. The number of carbonyl (C=O) groups excluding carboxylic acids is 1. The van der Waals surface area contributed by atoms with Gasteiger partial charge in [0.05, 0.1) is 18.7 Å². The number of likely N-dealkylation sites (tertiary alicyclic amines) is 1. The summed E-state index contributed by atoms with van der Waals surface area (Å²) in [6.45, 7) is 3.86. The summed E-state index contributed by atoms with van der Waals surface area (Å²) in [6.07, 6.45) is 6.56. The number of nitrogens with zero attached hydrogens (tertiary/aromatic N) is 5. The number of aromatic nitrogens is 5. The number of aromatic amines is 1. The first-order chi connectivity index (χ1) is 13.6. The van der Waals surface area contributed by atoms with Gasteiger partial charge < -0.3 is 4.90 Å². The number of hydrogen-bond acceptors (Lipinski definition) is 4. The van der Waals surface area contributed by atoms with Gasteiger partial charge in [0.2, 0.25) is 5.91 Å². The number of piperidine rings is 1. The zero-order valence-electron chi connectivity index (χ0n) is 15.8. The molecule has 1 amide bonds. The van der Waals surface area contributed by atoms with Crippen LogP contribution in [0.4, 0.5) is 4.39 Å². The molecule has 0 unspecified atom stereocenters. The van der Waals surface area contributed by atoms with E-state index in [1.165, 1.54) is 18.5 Å². The van der Waals surface area contributed by atoms with Gasteiger partial charge in [0.15, 0.2) is 0 Å². The fourth-order valence-corrected chi connectivity index (χ4v) is 3.88. The molecule has 1 aliphatic rings. The summed E-state index contributed by atoms with van der Waals surface area (Å²) in [4.78, 5) is 18.6. The molecule has 3 heterocycles. The average Bonchev–Trinajstić information content (AvgIpc) is 3.39. The number of carbonyl (C=O) groups is 1. The number of H-pyrrole nitrogens is 1. The Labute approximate surface area is 162 Å². The predicted molar refractivity (Wildman–Crippen MR) is 102 cm³/mol. The maximum absolute atomic E-state index is 13.6. The van der Waals surface area contributed by atoms with Crippen LogP contribution in [0.3, 0.4) is 0 Å². The second-order valence-corrected chi connectivity index (χ2v) is 7.33. The molecule has 0 aliphatic carbocycles. The third-order valence-electron chi connectivity index (χ3n) is 5.37. The van der Waals surface area contributed by atoms with Crippen molar-refractivity contribution in [2.45, 2.75) is 32.2 Å². The lowest BCUT2D eigenvalue weighted by atomic mass is 9.89. The molecule has 8 heteroatoms. The van der Waals surface area contributed by atoms with E-state index in [1.54, 1.807) is 23.3 Å². The van der Waals surface area contributed by atoms with Crippen LogP contribution in [0.5, 0.6) is 0 Å². The van der Waals surface area contributed by atoms with E-state index in [9.17, 15) is 9.18 Å². The molecule has 1 N–H and O–H groups in total. The van der Waals surface area contributed by atoms with E-state index in [2.05, 4.69) is 20.3 Å². The van der Waals surface area contributed by atoms with Gasteiger partial charge in [0, 0.05) is 30.3 Å². The second kappa shape index (κ2) is 7.92. The van der Waals surface area contributed by atoms with Gasteiger partial charge in [-0.25, -0.2) is 9.37 Å². The zero-order valence-corrected chi connectivity index (χ0v) is 15.8. The molecule has 0 saturated carbocycles. The Kier molecular flexibility index (Phi) is 5.18. The van der Waals surface area contributed by atoms with Gasteiger partial charge in [-0.05, 0) is 30.5 Å². The SMILES string of the molecule is C[C@@H](Cn1cncn1)C(=O)N1CCC(c2[nH]ncc2-c2cccc(F)c2)CC1. The molecular weight excluding hydrogens is 359 g/mol. The Morgan fingerprint density at radius 1 is 1.36 bits per heavy atom. The quantitative estimate of drug-likeness (QED) is 0.736. The number of hydrogen-bond donors (Lipinski definition) is 1. The average molecular weight is 382 g/mol. The Morgan fingerprint density at radius 2 is 2.18 bits per heavy atom. The molecular formula is C20H23FN6O. The van der Waals surface area contributed by atoms with Crippen LogP contribution in [0, 0.1) is 11.7 Å². The van der Waals surface area contributed by atoms with Gasteiger partial charge in [0.1, 0.15) is 18.5 Å². The van der Waals surface area contributed by atoms with Gasteiger partial charge >= 0.3 is 0 Å². The Bertz CT molecular complexity index is 930. The third-order valence-corrected chi connectivity index (χ3v) is 5.37. The highest BCUT2D eigenvalue weighted by atomic mass is 19.1. The lowest BCUT2D eigenvalue weighted by Crippen LogP contribution is -2.41. The molecule has 0 bridgehead atoms. The highest BCUT2D eigenvalue weighted by Gasteiger charge is 2.29. The lowest BCUT2D eigenvalue weighted by molar-refractivity contribution is -0.136. The van der Waals surface area contributed by atoms with Gasteiger partial charge in [-0.15, -0.1) is 0 Å². The minimum atomic E-state index is -0.258. The molecule has 1 fully saturated rings. The van der Waals surface area contributed by atoms with Gasteiger partial charge in [-0.2, -0.15) is 10.2 Å². The fourth-order valence-electron chi connectivity index (χ4n) is 3.88. The van der Waals surface area contributed by atoms with Crippen molar-refractivity contribution in [1.82, 2.24) is 29.9 Å². The predicted octanol–water partition coefficient (Wildman–Crippen LogP) is 2.85. The van der Waals surface area contributed by atoms with E-state index in [-0.39, 0.29) is 23.6 Å². The van der Waals surface area contributed by atoms with Crippen LogP contribution in [0.15, 0.2) is 43.1 Å². The molecule has 0 spiro atoms. The van der Waals surface area contributed by atoms with Crippen molar-refractivity contribution in [3.8, 4) is 11.1 Å². The van der Waals surface area contributed by atoms with Crippen molar-refractivity contribution in [1.29, 1.82) is 0 Å². The van der Waals surface area contributed by atoms with Crippen molar-refractivity contribution in [2.24, 2.45) is 5.92 Å². The largest absolute Gasteiger partial charge is 0.342 e. The molecule has 1 saturated heterocycles. The van der Waals surface area contributed by atoms with Crippen molar-refractivity contribution in [2.75, 3.05) is 13.1 Å². The molecule has 4 rings (SSSR count). The van der Waals surface area contributed by atoms with Crippen LogP contribution in [-0.4, -0.2) is 48.9 Å². The monoisotopic (exact) mass is 382 g/mol. The molecule has 2 aromatic heterocycles. The first-order valence-corrected chi connectivity index (χ1v) is 9.52. The maximum Gasteiger partial charge on any atom is 0.227 e. The van der Waals surface area contributed by atoms with Crippen LogP contribution in [0.2, 0.25) is 0 Å². The van der Waals surface area contributed by atoms with Crippen molar-refractivity contribution in [3.63, 3.8) is 0 Å². The first-order valence-electron chi connectivity index (χ1n) is 9.52. The third kappa shape index (κ3) is 3.81. The normalized spacial score (nSPS) is 16.3. The molecule has 1 atom stereocenters. The standard InChI is InChI=1S/C20H23FN6O/c1-14(11-27-13-22-12-24-27)20(28)26-7-5-15(6-8-26)19-18(10-23-25-19)16-3-2-4-17(21)9-16/h2-4,9-10,12-15H,5-8,11H2,1H3,(H,23,25)/t14-/m0/s1. The first kappa shape index (κ1) is 18.3. The highest BCUT2D eigenvalue weighted by molar-refractivity contribution is 5.78. The van der Waals surface area contributed by atoms with E-state index in [0.717, 1.165) is 29.7 Å². The Morgan fingerprint density at radius 3 is 2.89 bits per heavy atom. The summed E-state index contributed by atoms with van der Waals surface area (Å²) in [5, 5.41) is 11.4. The molecule has 7 nitrogen and oxygen atoms in total. The topological polar surface area (TPSA) is 79.7 Å². The van der Waals surface area contributed by atoms with Gasteiger partial charge in [-0.1, -0.05) is 19.1 Å². The molecule has 1 aromatic carbocycles. The number of nitrogens with one attached hydrogen (secondary N) is 1. The highest BCUT2D eigenvalue weighted by Crippen LogP contribution is 2.34. The van der Waals surface area contributed by atoms with Crippen molar-refractivity contribution < 1.29 is 9.18 Å². The second-order valence-electron chi connectivity index (χ2n) is 7.33. The minimum Gasteiger partial charge on any atom is -0.342 e. The van der Waals surface area contributed by atoms with Crippen LogP contribution >= 0.6 is 0 Å². The smallest absolute Gasteiger partial charge is 0.227 e. The summed E-state index contributed by atoms with van der Waals surface area (Å²) in [7, 11) is 0. The van der Waals surface area contributed by atoms with Crippen LogP contribution in [0.25, 0.3) is 11.1 Å².